The Morgan fingerprint density at radius 3 is 2.85 bits per heavy atom. The number of nitrogens with zero attached hydrogens (tertiary/aromatic N) is 2. The maximum Gasteiger partial charge on any atom is 0.128 e. The molecule has 0 saturated heterocycles. The van der Waals surface area contributed by atoms with Crippen LogP contribution in [0.25, 0.3) is 11.0 Å². The van der Waals surface area contributed by atoms with Gasteiger partial charge in [0.15, 0.2) is 0 Å². The van der Waals surface area contributed by atoms with E-state index in [2.05, 4.69) is 4.98 Å². The van der Waals surface area contributed by atoms with E-state index in [0.29, 0.717) is 41.4 Å². The summed E-state index contributed by atoms with van der Waals surface area (Å²) in [5, 5.41) is 0. The summed E-state index contributed by atoms with van der Waals surface area (Å²) in [4.78, 5) is 4.45. The van der Waals surface area contributed by atoms with Crippen molar-refractivity contribution in [2.45, 2.75) is 26.8 Å². The molecule has 0 amide bonds. The van der Waals surface area contributed by atoms with Crippen LogP contribution in [0.3, 0.4) is 0 Å². The van der Waals surface area contributed by atoms with Gasteiger partial charge in [-0.1, -0.05) is 6.92 Å². The van der Waals surface area contributed by atoms with Crippen LogP contribution < -0.4 is 0 Å². The molecule has 1 unspecified atom stereocenters. The molecular formula is C14H18ClFN2OS. The summed E-state index contributed by atoms with van der Waals surface area (Å²) < 4.78 is 27.3. The normalized spacial score (nSPS) is 13.0. The van der Waals surface area contributed by atoms with Crippen molar-refractivity contribution in [1.82, 2.24) is 9.55 Å². The Morgan fingerprint density at radius 2 is 2.20 bits per heavy atom. The van der Waals surface area contributed by atoms with Crippen LogP contribution in [-0.4, -0.2) is 31.1 Å². The van der Waals surface area contributed by atoms with Crippen LogP contribution >= 0.6 is 11.6 Å². The van der Waals surface area contributed by atoms with Gasteiger partial charge in [-0.05, 0) is 18.6 Å². The van der Waals surface area contributed by atoms with Crippen LogP contribution in [-0.2, 0) is 23.8 Å². The Morgan fingerprint density at radius 1 is 1.45 bits per heavy atom. The van der Waals surface area contributed by atoms with Gasteiger partial charge >= 0.3 is 0 Å². The molecule has 0 saturated carbocycles. The molecule has 110 valence electrons. The van der Waals surface area contributed by atoms with Gasteiger partial charge in [0.05, 0.1) is 11.0 Å². The summed E-state index contributed by atoms with van der Waals surface area (Å²) >= 11 is 5.80. The molecule has 6 heteroatoms. The molecule has 3 nitrogen and oxygen atoms in total. The zero-order chi connectivity index (χ0) is 14.7. The third-order valence-corrected chi connectivity index (χ3v) is 4.76. The summed E-state index contributed by atoms with van der Waals surface area (Å²) in [6.45, 7) is 4.26. The van der Waals surface area contributed by atoms with Gasteiger partial charge in [0.25, 0.3) is 0 Å². The highest BCUT2D eigenvalue weighted by atomic mass is 35.5. The molecule has 0 N–H and O–H groups in total. The van der Waals surface area contributed by atoms with E-state index >= 15 is 0 Å². The van der Waals surface area contributed by atoms with E-state index in [9.17, 15) is 8.60 Å². The summed E-state index contributed by atoms with van der Waals surface area (Å²) in [5.74, 6) is 2.25. The van der Waals surface area contributed by atoms with Gasteiger partial charge in [-0.2, -0.15) is 0 Å². The summed E-state index contributed by atoms with van der Waals surface area (Å²) in [5.41, 5.74) is 2.11. The quantitative estimate of drug-likeness (QED) is 0.768. The number of rotatable bonds is 6. The Kier molecular flexibility index (Phi) is 5.16. The third kappa shape index (κ3) is 3.20. The highest BCUT2D eigenvalue weighted by molar-refractivity contribution is 7.84. The van der Waals surface area contributed by atoms with Crippen LogP contribution in [0.1, 0.15) is 18.3 Å². The minimum absolute atomic E-state index is 0.253. The Hall–Kier alpha value is -0.940. The maximum atomic E-state index is 13.6. The van der Waals surface area contributed by atoms with Crippen LogP contribution in [0.15, 0.2) is 12.1 Å². The Bertz CT molecular complexity index is 642. The third-order valence-electron chi connectivity index (χ3n) is 3.29. The van der Waals surface area contributed by atoms with E-state index in [-0.39, 0.29) is 5.82 Å². The van der Waals surface area contributed by atoms with Crippen molar-refractivity contribution < 1.29 is 8.60 Å². The highest BCUT2D eigenvalue weighted by Crippen LogP contribution is 2.21. The molecule has 1 aromatic carbocycles. The van der Waals surface area contributed by atoms with Crippen LogP contribution in [0.4, 0.5) is 4.39 Å². The molecule has 0 aliphatic heterocycles. The minimum Gasteiger partial charge on any atom is -0.327 e. The average molecular weight is 317 g/mol. The molecule has 0 bridgehead atoms. The molecule has 0 aliphatic rings. The lowest BCUT2D eigenvalue weighted by atomic mass is 10.2. The fraction of sp³-hybridized carbons (Fsp3) is 0.500. The second kappa shape index (κ2) is 6.68. The molecule has 0 fully saturated rings. The topological polar surface area (TPSA) is 34.9 Å². The molecular weight excluding hydrogens is 299 g/mol. The zero-order valence-electron chi connectivity index (χ0n) is 11.7. The fourth-order valence-corrected chi connectivity index (χ4v) is 3.01. The number of halogens is 2. The molecule has 2 rings (SSSR count). The van der Waals surface area contributed by atoms with Gasteiger partial charge in [0.1, 0.15) is 11.6 Å². The first-order chi connectivity index (χ1) is 9.56. The largest absolute Gasteiger partial charge is 0.327 e. The monoisotopic (exact) mass is 316 g/mol. The predicted molar refractivity (Wildman–Crippen MR) is 82.4 cm³/mol. The van der Waals surface area contributed by atoms with Crippen molar-refractivity contribution in [3.05, 3.63) is 29.3 Å². The Balaban J connectivity index is 2.44. The van der Waals surface area contributed by atoms with Crippen molar-refractivity contribution in [3.8, 4) is 0 Å². The molecule has 0 radical (unpaired) electrons. The standard InChI is InChI=1S/C14H18ClFN2OS/c1-3-20(19)7-6-18-13-8-10(2)11(16)9-12(13)17-14(18)4-5-15/h8-9H,3-7H2,1-2H3. The fourth-order valence-electron chi connectivity index (χ4n) is 2.16. The molecule has 2 aromatic rings. The number of aryl methyl sites for hydroxylation is 3. The highest BCUT2D eigenvalue weighted by Gasteiger charge is 2.13. The van der Waals surface area contributed by atoms with Crippen molar-refractivity contribution in [2.24, 2.45) is 0 Å². The number of hydrogen-bond acceptors (Lipinski definition) is 2. The molecule has 20 heavy (non-hydrogen) atoms. The van der Waals surface area contributed by atoms with Crippen molar-refractivity contribution >= 4 is 33.4 Å². The second-order valence-electron chi connectivity index (χ2n) is 4.64. The lowest BCUT2D eigenvalue weighted by Crippen LogP contribution is -2.12. The van der Waals surface area contributed by atoms with E-state index in [0.717, 1.165) is 11.3 Å². The average Bonchev–Trinajstić information content (AvgIpc) is 2.74. The van der Waals surface area contributed by atoms with Gasteiger partial charge < -0.3 is 4.57 Å². The van der Waals surface area contributed by atoms with Crippen molar-refractivity contribution in [3.63, 3.8) is 0 Å². The first-order valence-electron chi connectivity index (χ1n) is 6.63. The molecule has 1 heterocycles. The number of hydrogen-bond donors (Lipinski definition) is 0. The first kappa shape index (κ1) is 15.4. The number of alkyl halides is 1. The molecule has 0 spiro atoms. The van der Waals surface area contributed by atoms with Crippen LogP contribution in [0.2, 0.25) is 0 Å². The molecule has 1 atom stereocenters. The van der Waals surface area contributed by atoms with Crippen LogP contribution in [0.5, 0.6) is 0 Å². The lowest BCUT2D eigenvalue weighted by Gasteiger charge is -2.08. The van der Waals surface area contributed by atoms with E-state index < -0.39 is 10.8 Å². The maximum absolute atomic E-state index is 13.6. The second-order valence-corrected chi connectivity index (χ2v) is 6.88. The van der Waals surface area contributed by atoms with Gasteiger partial charge in [-0.3, -0.25) is 4.21 Å². The molecule has 1 aromatic heterocycles. The van der Waals surface area contributed by atoms with Gasteiger partial charge in [-0.25, -0.2) is 9.37 Å². The summed E-state index contributed by atoms with van der Waals surface area (Å²) in [6, 6.07) is 3.25. The number of benzene rings is 1. The Labute approximate surface area is 125 Å². The number of imidazole rings is 1. The van der Waals surface area contributed by atoms with Crippen molar-refractivity contribution in [2.75, 3.05) is 17.4 Å². The van der Waals surface area contributed by atoms with Crippen LogP contribution in [0, 0.1) is 12.7 Å². The SMILES string of the molecule is CCS(=O)CCn1c(CCCl)nc2cc(F)c(C)cc21. The molecule has 0 aliphatic carbocycles. The van der Waals surface area contributed by atoms with Gasteiger partial charge in [0.2, 0.25) is 0 Å². The number of fused-ring (bicyclic) bond motifs is 1. The van der Waals surface area contributed by atoms with Crippen molar-refractivity contribution in [1.29, 1.82) is 0 Å². The van der Waals surface area contributed by atoms with E-state index in [1.54, 1.807) is 13.0 Å². The van der Waals surface area contributed by atoms with E-state index in [1.165, 1.54) is 6.07 Å². The summed E-state index contributed by atoms with van der Waals surface area (Å²) in [7, 11) is -0.832. The van der Waals surface area contributed by atoms with Gasteiger partial charge in [-0.15, -0.1) is 11.6 Å². The lowest BCUT2D eigenvalue weighted by molar-refractivity contribution is 0.620. The first-order valence-corrected chi connectivity index (χ1v) is 8.65. The smallest absolute Gasteiger partial charge is 0.128 e. The van der Waals surface area contributed by atoms with Gasteiger partial charge in [0, 0.05) is 47.2 Å². The minimum atomic E-state index is -0.832. The predicted octanol–water partition coefficient (Wildman–Crippen LogP) is 3.03. The van der Waals surface area contributed by atoms with E-state index in [4.69, 9.17) is 11.6 Å². The summed E-state index contributed by atoms with van der Waals surface area (Å²) in [6.07, 6.45) is 0.621. The van der Waals surface area contributed by atoms with E-state index in [1.807, 2.05) is 11.5 Å². The number of aromatic nitrogens is 2. The zero-order valence-corrected chi connectivity index (χ0v) is 13.2.